The third-order valence-electron chi connectivity index (χ3n) is 6.76. The van der Waals surface area contributed by atoms with Crippen LogP contribution in [0.15, 0.2) is 18.2 Å². The van der Waals surface area contributed by atoms with E-state index in [0.29, 0.717) is 24.6 Å². The molecule has 0 radical (unpaired) electrons. The molecule has 4 fully saturated rings. The van der Waals surface area contributed by atoms with Crippen LogP contribution in [-0.2, 0) is 4.79 Å². The SMILES string of the molecule is CCN(C(=O)c1n[nH]c2cc(N3CCCC3=O)ccc12)[C@@H]1CN2CCC1CC2. The van der Waals surface area contributed by atoms with Crippen LogP contribution in [0.2, 0.25) is 0 Å². The molecule has 2 bridgehead atoms. The molecule has 0 saturated carbocycles. The van der Waals surface area contributed by atoms with Gasteiger partial charge < -0.3 is 14.7 Å². The predicted molar refractivity (Wildman–Crippen MR) is 107 cm³/mol. The van der Waals surface area contributed by atoms with Crippen molar-refractivity contribution in [2.24, 2.45) is 5.92 Å². The number of aromatic nitrogens is 2. The van der Waals surface area contributed by atoms with Crippen molar-refractivity contribution in [2.45, 2.75) is 38.6 Å². The monoisotopic (exact) mass is 381 g/mol. The van der Waals surface area contributed by atoms with Gasteiger partial charge in [-0.15, -0.1) is 0 Å². The summed E-state index contributed by atoms with van der Waals surface area (Å²) >= 11 is 0. The van der Waals surface area contributed by atoms with Gasteiger partial charge in [-0.1, -0.05) is 0 Å². The highest BCUT2D eigenvalue weighted by Crippen LogP contribution is 2.32. The molecule has 0 aliphatic carbocycles. The van der Waals surface area contributed by atoms with E-state index in [0.717, 1.165) is 49.2 Å². The summed E-state index contributed by atoms with van der Waals surface area (Å²) in [6.07, 6.45) is 3.87. The lowest BCUT2D eigenvalue weighted by atomic mass is 9.83. The fourth-order valence-corrected chi connectivity index (χ4v) is 5.21. The molecule has 1 N–H and O–H groups in total. The van der Waals surface area contributed by atoms with Crippen LogP contribution < -0.4 is 4.90 Å². The third kappa shape index (κ3) is 2.80. The number of likely N-dealkylation sites (N-methyl/N-ethyl adjacent to an activating group) is 1. The van der Waals surface area contributed by atoms with Crippen molar-refractivity contribution >= 4 is 28.4 Å². The Bertz CT molecular complexity index is 915. The lowest BCUT2D eigenvalue weighted by molar-refractivity contribution is -0.117. The molecule has 0 unspecified atom stereocenters. The molecule has 148 valence electrons. The van der Waals surface area contributed by atoms with E-state index in [4.69, 9.17) is 0 Å². The first-order valence-corrected chi connectivity index (χ1v) is 10.5. The van der Waals surface area contributed by atoms with Crippen LogP contribution in [0.5, 0.6) is 0 Å². The maximum absolute atomic E-state index is 13.4. The van der Waals surface area contributed by atoms with Crippen molar-refractivity contribution < 1.29 is 9.59 Å². The molecule has 5 heterocycles. The first-order chi connectivity index (χ1) is 13.7. The van der Waals surface area contributed by atoms with E-state index in [1.54, 1.807) is 0 Å². The molecule has 1 aromatic heterocycles. The topological polar surface area (TPSA) is 72.5 Å². The van der Waals surface area contributed by atoms with Crippen LogP contribution in [0.25, 0.3) is 10.9 Å². The molecular formula is C21H27N5O2. The van der Waals surface area contributed by atoms with Crippen LogP contribution in [-0.4, -0.2) is 70.6 Å². The molecule has 2 amide bonds. The van der Waals surface area contributed by atoms with E-state index in [2.05, 4.69) is 22.0 Å². The summed E-state index contributed by atoms with van der Waals surface area (Å²) in [5, 5.41) is 8.23. The van der Waals surface area contributed by atoms with Gasteiger partial charge in [-0.05, 0) is 63.4 Å². The van der Waals surface area contributed by atoms with E-state index in [1.807, 2.05) is 28.0 Å². The van der Waals surface area contributed by atoms with Gasteiger partial charge in [0.15, 0.2) is 5.69 Å². The van der Waals surface area contributed by atoms with Crippen molar-refractivity contribution in [2.75, 3.05) is 37.6 Å². The van der Waals surface area contributed by atoms with Crippen LogP contribution >= 0.6 is 0 Å². The number of fused-ring (bicyclic) bond motifs is 4. The molecule has 1 aromatic carbocycles. The van der Waals surface area contributed by atoms with E-state index < -0.39 is 0 Å². The van der Waals surface area contributed by atoms with Gasteiger partial charge in [0.2, 0.25) is 5.91 Å². The smallest absolute Gasteiger partial charge is 0.275 e. The zero-order chi connectivity index (χ0) is 19.3. The molecule has 2 aromatic rings. The number of hydrogen-bond acceptors (Lipinski definition) is 4. The van der Waals surface area contributed by atoms with Crippen molar-refractivity contribution in [3.8, 4) is 0 Å². The number of hydrogen-bond donors (Lipinski definition) is 1. The first-order valence-electron chi connectivity index (χ1n) is 10.5. The van der Waals surface area contributed by atoms with Crippen molar-refractivity contribution in [3.05, 3.63) is 23.9 Å². The van der Waals surface area contributed by atoms with Gasteiger partial charge in [0.1, 0.15) is 0 Å². The number of anilines is 1. The Morgan fingerprint density at radius 3 is 2.75 bits per heavy atom. The van der Waals surface area contributed by atoms with Crippen molar-refractivity contribution in [1.82, 2.24) is 20.0 Å². The summed E-state index contributed by atoms with van der Waals surface area (Å²) in [6, 6.07) is 6.08. The summed E-state index contributed by atoms with van der Waals surface area (Å²) in [7, 11) is 0. The van der Waals surface area contributed by atoms with Crippen molar-refractivity contribution in [1.29, 1.82) is 0 Å². The van der Waals surface area contributed by atoms with E-state index >= 15 is 0 Å². The minimum absolute atomic E-state index is 0.0116. The highest BCUT2D eigenvalue weighted by atomic mass is 16.2. The summed E-state index contributed by atoms with van der Waals surface area (Å²) in [5.74, 6) is 0.777. The summed E-state index contributed by atoms with van der Waals surface area (Å²) in [5.41, 5.74) is 2.18. The highest BCUT2D eigenvalue weighted by molar-refractivity contribution is 6.06. The molecular weight excluding hydrogens is 354 g/mol. The maximum Gasteiger partial charge on any atom is 0.275 e. The standard InChI is InChI=1S/C21H27N5O2/c1-2-25(18-13-24-10-7-14(18)8-11-24)21(28)20-16-6-5-15(12-17(16)22-23-20)26-9-3-4-19(26)27/h5-6,12,14,18H,2-4,7-11,13H2,1H3,(H,22,23)/t18-/m1/s1. The summed E-state index contributed by atoms with van der Waals surface area (Å²) in [6.45, 7) is 6.82. The Morgan fingerprint density at radius 1 is 1.29 bits per heavy atom. The van der Waals surface area contributed by atoms with Gasteiger partial charge >= 0.3 is 0 Å². The van der Waals surface area contributed by atoms with Gasteiger partial charge in [-0.3, -0.25) is 14.7 Å². The highest BCUT2D eigenvalue weighted by Gasteiger charge is 2.39. The molecule has 7 nitrogen and oxygen atoms in total. The van der Waals surface area contributed by atoms with Crippen LogP contribution in [0.1, 0.15) is 43.1 Å². The average Bonchev–Trinajstić information content (AvgIpc) is 3.35. The van der Waals surface area contributed by atoms with Gasteiger partial charge in [0.05, 0.1) is 5.52 Å². The minimum Gasteiger partial charge on any atom is -0.333 e. The number of carbonyl (C=O) groups excluding carboxylic acids is 2. The molecule has 1 atom stereocenters. The van der Waals surface area contributed by atoms with E-state index in [9.17, 15) is 9.59 Å². The number of nitrogens with zero attached hydrogens (tertiary/aromatic N) is 4. The largest absolute Gasteiger partial charge is 0.333 e. The molecule has 6 rings (SSSR count). The van der Waals surface area contributed by atoms with Gasteiger partial charge in [-0.25, -0.2) is 0 Å². The third-order valence-corrected chi connectivity index (χ3v) is 6.76. The number of aromatic amines is 1. The Balaban J connectivity index is 1.43. The molecule has 4 aliphatic heterocycles. The number of carbonyl (C=O) groups is 2. The Labute approximate surface area is 164 Å². The van der Waals surface area contributed by atoms with Gasteiger partial charge in [0, 0.05) is 43.2 Å². The fourth-order valence-electron chi connectivity index (χ4n) is 5.21. The van der Waals surface area contributed by atoms with E-state index in [1.165, 1.54) is 12.8 Å². The number of piperidine rings is 3. The number of nitrogens with one attached hydrogen (secondary N) is 1. The lowest BCUT2D eigenvalue weighted by Gasteiger charge is -2.48. The number of benzene rings is 1. The van der Waals surface area contributed by atoms with Gasteiger partial charge in [0.25, 0.3) is 5.91 Å². The predicted octanol–water partition coefficient (Wildman–Crippen LogP) is 2.25. The average molecular weight is 381 g/mol. The molecule has 4 saturated heterocycles. The molecule has 0 spiro atoms. The summed E-state index contributed by atoms with van der Waals surface area (Å²) in [4.78, 5) is 31.7. The lowest BCUT2D eigenvalue weighted by Crippen LogP contribution is -2.58. The number of H-pyrrole nitrogens is 1. The van der Waals surface area contributed by atoms with Crippen molar-refractivity contribution in [3.63, 3.8) is 0 Å². The minimum atomic E-state index is 0.0116. The second kappa shape index (κ2) is 6.88. The van der Waals surface area contributed by atoms with E-state index in [-0.39, 0.29) is 17.9 Å². The van der Waals surface area contributed by atoms with Crippen LogP contribution in [0.3, 0.4) is 0 Å². The maximum atomic E-state index is 13.4. The molecule has 7 heteroatoms. The van der Waals surface area contributed by atoms with Crippen LogP contribution in [0.4, 0.5) is 5.69 Å². The number of amides is 2. The first kappa shape index (κ1) is 17.7. The zero-order valence-corrected chi connectivity index (χ0v) is 16.4. The number of rotatable bonds is 4. The zero-order valence-electron chi connectivity index (χ0n) is 16.4. The quantitative estimate of drug-likeness (QED) is 0.882. The Kier molecular flexibility index (Phi) is 4.34. The Morgan fingerprint density at radius 2 is 2.11 bits per heavy atom. The fraction of sp³-hybridized carbons (Fsp3) is 0.571. The van der Waals surface area contributed by atoms with Gasteiger partial charge in [-0.2, -0.15) is 5.10 Å². The second-order valence-electron chi connectivity index (χ2n) is 8.25. The normalized spacial score (nSPS) is 27.0. The van der Waals surface area contributed by atoms with Crippen LogP contribution in [0, 0.1) is 5.92 Å². The second-order valence-corrected chi connectivity index (χ2v) is 8.25. The molecule has 28 heavy (non-hydrogen) atoms. The molecule has 4 aliphatic rings. The summed E-state index contributed by atoms with van der Waals surface area (Å²) < 4.78 is 0. The Hall–Kier alpha value is -2.41.